The number of fused-ring (bicyclic) bond motifs is 4. The summed E-state index contributed by atoms with van der Waals surface area (Å²) in [6.45, 7) is 5.97. The van der Waals surface area contributed by atoms with E-state index in [1.807, 2.05) is 61.9 Å². The summed E-state index contributed by atoms with van der Waals surface area (Å²) in [4.78, 5) is 25.7. The van der Waals surface area contributed by atoms with E-state index in [-0.39, 0.29) is 18.0 Å². The molecule has 0 spiro atoms. The maximum atomic E-state index is 13.1. The summed E-state index contributed by atoms with van der Waals surface area (Å²) in [5.41, 5.74) is 5.62. The summed E-state index contributed by atoms with van der Waals surface area (Å²) in [7, 11) is 1.96. The molecule has 1 atom stereocenters. The highest BCUT2D eigenvalue weighted by atomic mass is 16.5. The van der Waals surface area contributed by atoms with Crippen LogP contribution in [0.1, 0.15) is 46.1 Å². The van der Waals surface area contributed by atoms with E-state index in [1.165, 1.54) is 0 Å². The van der Waals surface area contributed by atoms with Crippen LogP contribution in [0.2, 0.25) is 0 Å². The van der Waals surface area contributed by atoms with Crippen molar-refractivity contribution in [2.24, 2.45) is 13.0 Å². The molecular weight excluding hydrogens is 402 g/mol. The molecule has 164 valence electrons. The standard InChI is InChI=1S/C27H27NO4/c1-15-9-10-19-21(13-15)18-11-12-24(16(2)26(18)32-27(19)30)31-14-23(29)25-17(3)28(4)22-8-6-5-7-20(22)25/h5-8,11-12,15H,9-10,13-14H2,1-4H3. The first kappa shape index (κ1) is 20.6. The Morgan fingerprint density at radius 2 is 1.91 bits per heavy atom. The van der Waals surface area contributed by atoms with Crippen LogP contribution in [0.15, 0.2) is 45.6 Å². The van der Waals surface area contributed by atoms with Gasteiger partial charge >= 0.3 is 5.63 Å². The summed E-state index contributed by atoms with van der Waals surface area (Å²) in [5, 5.41) is 1.91. The molecule has 32 heavy (non-hydrogen) atoms. The van der Waals surface area contributed by atoms with Gasteiger partial charge in [-0.15, -0.1) is 0 Å². The van der Waals surface area contributed by atoms with Gasteiger partial charge in [0.2, 0.25) is 5.78 Å². The van der Waals surface area contributed by atoms with Crippen molar-refractivity contribution in [3.8, 4) is 5.75 Å². The number of hydrogen-bond donors (Lipinski definition) is 0. The predicted octanol–water partition coefficient (Wildman–Crippen LogP) is 5.29. The maximum Gasteiger partial charge on any atom is 0.339 e. The van der Waals surface area contributed by atoms with E-state index in [0.29, 0.717) is 22.8 Å². The zero-order valence-corrected chi connectivity index (χ0v) is 19.0. The number of ketones is 1. The van der Waals surface area contributed by atoms with Gasteiger partial charge in [-0.2, -0.15) is 0 Å². The van der Waals surface area contributed by atoms with Crippen LogP contribution in [0.25, 0.3) is 21.9 Å². The molecule has 0 fully saturated rings. The van der Waals surface area contributed by atoms with Crippen molar-refractivity contribution in [3.05, 3.63) is 74.8 Å². The Morgan fingerprint density at radius 1 is 1.12 bits per heavy atom. The number of ether oxygens (including phenoxy) is 1. The molecule has 1 aliphatic rings. The predicted molar refractivity (Wildman–Crippen MR) is 126 cm³/mol. The number of benzene rings is 2. The lowest BCUT2D eigenvalue weighted by atomic mass is 9.84. The van der Waals surface area contributed by atoms with Gasteiger partial charge in [0.1, 0.15) is 11.3 Å². The van der Waals surface area contributed by atoms with Gasteiger partial charge in [0.15, 0.2) is 6.61 Å². The van der Waals surface area contributed by atoms with Crippen molar-refractivity contribution in [3.63, 3.8) is 0 Å². The number of carbonyl (C=O) groups is 1. The molecule has 2 aromatic carbocycles. The lowest BCUT2D eigenvalue weighted by molar-refractivity contribution is 0.0922. The largest absolute Gasteiger partial charge is 0.485 e. The molecule has 4 aromatic rings. The van der Waals surface area contributed by atoms with Gasteiger partial charge < -0.3 is 13.7 Å². The van der Waals surface area contributed by atoms with Crippen molar-refractivity contribution in [1.82, 2.24) is 4.57 Å². The number of nitrogens with zero attached hydrogens (tertiary/aromatic N) is 1. The Bertz CT molecular complexity index is 1440. The summed E-state index contributed by atoms with van der Waals surface area (Å²) in [5.74, 6) is 1.04. The van der Waals surface area contributed by atoms with Gasteiger partial charge in [-0.1, -0.05) is 25.1 Å². The summed E-state index contributed by atoms with van der Waals surface area (Å²) < 4.78 is 13.7. The highest BCUT2D eigenvalue weighted by molar-refractivity contribution is 6.10. The molecule has 1 aliphatic carbocycles. The molecule has 0 N–H and O–H groups in total. The molecule has 5 nitrogen and oxygen atoms in total. The highest BCUT2D eigenvalue weighted by Gasteiger charge is 2.24. The Labute approximate surface area is 186 Å². The van der Waals surface area contributed by atoms with Gasteiger partial charge in [0.05, 0.1) is 0 Å². The molecule has 5 heteroatoms. The molecule has 1 unspecified atom stereocenters. The zero-order valence-electron chi connectivity index (χ0n) is 19.0. The summed E-state index contributed by atoms with van der Waals surface area (Å²) >= 11 is 0. The smallest absolute Gasteiger partial charge is 0.339 e. The van der Waals surface area contributed by atoms with Crippen LogP contribution in [-0.4, -0.2) is 17.0 Å². The van der Waals surface area contributed by atoms with Crippen molar-refractivity contribution in [1.29, 1.82) is 0 Å². The average molecular weight is 430 g/mol. The van der Waals surface area contributed by atoms with Crippen molar-refractivity contribution < 1.29 is 13.9 Å². The topological polar surface area (TPSA) is 61.4 Å². The van der Waals surface area contributed by atoms with Crippen molar-refractivity contribution in [2.45, 2.75) is 40.0 Å². The molecule has 0 amide bonds. The second kappa shape index (κ2) is 7.66. The van der Waals surface area contributed by atoms with Crippen LogP contribution in [0.3, 0.4) is 0 Å². The lowest BCUT2D eigenvalue weighted by Crippen LogP contribution is -2.20. The normalized spacial score (nSPS) is 15.8. The quantitative estimate of drug-likeness (QED) is 0.327. The molecule has 0 bridgehead atoms. The minimum Gasteiger partial charge on any atom is -0.485 e. The summed E-state index contributed by atoms with van der Waals surface area (Å²) in [6.07, 6.45) is 2.67. The maximum absolute atomic E-state index is 13.1. The van der Waals surface area contributed by atoms with Crippen LogP contribution in [0.5, 0.6) is 5.75 Å². The number of aryl methyl sites for hydroxylation is 2. The number of aromatic nitrogens is 1. The third-order valence-corrected chi connectivity index (χ3v) is 6.96. The van der Waals surface area contributed by atoms with Crippen LogP contribution in [-0.2, 0) is 19.9 Å². The fourth-order valence-corrected chi connectivity index (χ4v) is 5.05. The molecule has 0 saturated heterocycles. The summed E-state index contributed by atoms with van der Waals surface area (Å²) in [6, 6.07) is 11.7. The Hall–Kier alpha value is -3.34. The van der Waals surface area contributed by atoms with Gasteiger partial charge in [-0.25, -0.2) is 4.79 Å². The Kier molecular flexibility index (Phi) is 4.92. The molecule has 2 aromatic heterocycles. The third-order valence-electron chi connectivity index (χ3n) is 6.96. The zero-order chi connectivity index (χ0) is 22.6. The Balaban J connectivity index is 1.48. The number of Topliss-reactive ketones (excluding diaryl/α,β-unsaturated/α-hetero) is 1. The second-order valence-electron chi connectivity index (χ2n) is 9.01. The molecule has 0 aliphatic heterocycles. The number of rotatable bonds is 4. The SMILES string of the molecule is Cc1c(OCC(=O)c2c(C)n(C)c3ccccc23)ccc2c3c(c(=O)oc12)CCC(C)C3. The monoisotopic (exact) mass is 429 g/mol. The minimum absolute atomic E-state index is 0.0699. The molecule has 0 saturated carbocycles. The van der Waals surface area contributed by atoms with E-state index in [1.54, 1.807) is 0 Å². The second-order valence-corrected chi connectivity index (χ2v) is 9.01. The van der Waals surface area contributed by atoms with Gasteiger partial charge in [-0.3, -0.25) is 4.79 Å². The molecule has 0 radical (unpaired) electrons. The van der Waals surface area contributed by atoms with Crippen LogP contribution in [0, 0.1) is 19.8 Å². The van der Waals surface area contributed by atoms with E-state index in [4.69, 9.17) is 9.15 Å². The number of hydrogen-bond acceptors (Lipinski definition) is 4. The molecule has 2 heterocycles. The lowest BCUT2D eigenvalue weighted by Gasteiger charge is -2.22. The highest BCUT2D eigenvalue weighted by Crippen LogP contribution is 2.34. The first-order valence-corrected chi connectivity index (χ1v) is 11.1. The molecule has 5 rings (SSSR count). The average Bonchev–Trinajstić information content (AvgIpc) is 3.04. The fraction of sp³-hybridized carbons (Fsp3) is 0.333. The van der Waals surface area contributed by atoms with E-state index in [2.05, 4.69) is 6.92 Å². The van der Waals surface area contributed by atoms with Crippen LogP contribution >= 0.6 is 0 Å². The molecular formula is C27H27NO4. The van der Waals surface area contributed by atoms with Crippen LogP contribution in [0.4, 0.5) is 0 Å². The van der Waals surface area contributed by atoms with E-state index >= 15 is 0 Å². The number of para-hydroxylation sites is 1. The van der Waals surface area contributed by atoms with E-state index in [0.717, 1.165) is 57.9 Å². The Morgan fingerprint density at radius 3 is 2.72 bits per heavy atom. The van der Waals surface area contributed by atoms with Gasteiger partial charge in [0.25, 0.3) is 0 Å². The van der Waals surface area contributed by atoms with E-state index in [9.17, 15) is 9.59 Å². The first-order chi connectivity index (χ1) is 15.4. The number of carbonyl (C=O) groups excluding carboxylic acids is 1. The van der Waals surface area contributed by atoms with E-state index < -0.39 is 0 Å². The first-order valence-electron chi connectivity index (χ1n) is 11.1. The van der Waals surface area contributed by atoms with Crippen molar-refractivity contribution >= 4 is 27.7 Å². The van der Waals surface area contributed by atoms with Gasteiger partial charge in [0, 0.05) is 45.7 Å². The van der Waals surface area contributed by atoms with Crippen LogP contribution < -0.4 is 10.4 Å². The van der Waals surface area contributed by atoms with Gasteiger partial charge in [-0.05, 0) is 62.8 Å². The third kappa shape index (κ3) is 3.15. The minimum atomic E-state index is -0.248. The fourth-order valence-electron chi connectivity index (χ4n) is 5.05. The van der Waals surface area contributed by atoms with Crippen molar-refractivity contribution in [2.75, 3.05) is 6.61 Å².